The van der Waals surface area contributed by atoms with Gasteiger partial charge in [0.1, 0.15) is 5.82 Å². The molecular weight excluding hydrogens is 239 g/mol. The van der Waals surface area contributed by atoms with Crippen LogP contribution in [0.25, 0.3) is 0 Å². The van der Waals surface area contributed by atoms with Crippen LogP contribution in [-0.4, -0.2) is 25.7 Å². The molecule has 0 spiro atoms. The monoisotopic (exact) mass is 256 g/mol. The van der Waals surface area contributed by atoms with E-state index in [1.54, 1.807) is 12.1 Å². The van der Waals surface area contributed by atoms with E-state index in [4.69, 9.17) is 11.6 Å². The Hall–Kier alpha value is -0.800. The molecule has 1 N–H and O–H groups in total. The van der Waals surface area contributed by atoms with Crippen LogP contribution in [0.3, 0.4) is 0 Å². The Morgan fingerprint density at radius 3 is 3.06 bits per heavy atom. The van der Waals surface area contributed by atoms with Crippen molar-refractivity contribution in [2.75, 3.05) is 24.5 Å². The lowest BCUT2D eigenvalue weighted by molar-refractivity contribution is 0.427. The number of halogens is 2. The highest BCUT2D eigenvalue weighted by Crippen LogP contribution is 2.24. The first-order valence-corrected chi connectivity index (χ1v) is 6.52. The van der Waals surface area contributed by atoms with Gasteiger partial charge in [-0.2, -0.15) is 0 Å². The quantitative estimate of drug-likeness (QED) is 0.894. The van der Waals surface area contributed by atoms with Crippen molar-refractivity contribution in [2.24, 2.45) is 0 Å². The first-order chi connectivity index (χ1) is 8.20. The topological polar surface area (TPSA) is 15.3 Å². The van der Waals surface area contributed by atoms with Crippen LogP contribution in [0.1, 0.15) is 19.8 Å². The average molecular weight is 257 g/mol. The highest BCUT2D eigenvalue weighted by Gasteiger charge is 2.20. The third-order valence-corrected chi connectivity index (χ3v) is 3.38. The van der Waals surface area contributed by atoms with Crippen molar-refractivity contribution in [3.05, 3.63) is 29.0 Å². The zero-order valence-electron chi connectivity index (χ0n) is 10.0. The average Bonchev–Trinajstić information content (AvgIpc) is 2.29. The lowest BCUT2D eigenvalue weighted by atomic mass is 10.1. The van der Waals surface area contributed by atoms with Crippen LogP contribution in [0.15, 0.2) is 18.2 Å². The maximum atomic E-state index is 13.8. The summed E-state index contributed by atoms with van der Waals surface area (Å²) in [5.41, 5.74) is 0.664. The van der Waals surface area contributed by atoms with Gasteiger partial charge in [-0.1, -0.05) is 24.9 Å². The largest absolute Gasteiger partial charge is 0.366 e. The second-order valence-corrected chi connectivity index (χ2v) is 4.92. The number of anilines is 1. The van der Waals surface area contributed by atoms with E-state index < -0.39 is 0 Å². The molecule has 1 atom stereocenters. The van der Waals surface area contributed by atoms with Gasteiger partial charge >= 0.3 is 0 Å². The molecular formula is C13H18ClFN2. The zero-order valence-corrected chi connectivity index (χ0v) is 10.8. The van der Waals surface area contributed by atoms with Crippen LogP contribution in [0.4, 0.5) is 10.1 Å². The molecule has 1 aliphatic rings. The second kappa shape index (κ2) is 5.69. The SMILES string of the molecule is CCCC1CN(c2ccc(Cl)cc2F)CCN1. The summed E-state index contributed by atoms with van der Waals surface area (Å²) in [6, 6.07) is 5.36. The molecule has 1 heterocycles. The molecule has 94 valence electrons. The van der Waals surface area contributed by atoms with Crippen molar-refractivity contribution in [1.29, 1.82) is 0 Å². The molecule has 1 saturated heterocycles. The van der Waals surface area contributed by atoms with Gasteiger partial charge in [0.05, 0.1) is 5.69 Å². The van der Waals surface area contributed by atoms with E-state index in [9.17, 15) is 4.39 Å². The fraction of sp³-hybridized carbons (Fsp3) is 0.538. The van der Waals surface area contributed by atoms with Crippen molar-refractivity contribution >= 4 is 17.3 Å². The molecule has 1 aromatic carbocycles. The Kier molecular flexibility index (Phi) is 4.24. The molecule has 1 aromatic rings. The molecule has 0 amide bonds. The number of nitrogens with one attached hydrogen (secondary N) is 1. The molecule has 17 heavy (non-hydrogen) atoms. The first kappa shape index (κ1) is 12.7. The minimum absolute atomic E-state index is 0.227. The highest BCUT2D eigenvalue weighted by molar-refractivity contribution is 6.30. The van der Waals surface area contributed by atoms with Crippen molar-refractivity contribution < 1.29 is 4.39 Å². The number of benzene rings is 1. The summed E-state index contributed by atoms with van der Waals surface area (Å²) in [5.74, 6) is -0.227. The van der Waals surface area contributed by atoms with Gasteiger partial charge in [0.25, 0.3) is 0 Å². The van der Waals surface area contributed by atoms with E-state index in [1.165, 1.54) is 6.07 Å². The van der Waals surface area contributed by atoms with Crippen molar-refractivity contribution in [3.8, 4) is 0 Å². The minimum atomic E-state index is -0.227. The Balaban J connectivity index is 2.10. The molecule has 1 fully saturated rings. The van der Waals surface area contributed by atoms with Crippen LogP contribution >= 0.6 is 11.6 Å². The zero-order chi connectivity index (χ0) is 12.3. The smallest absolute Gasteiger partial charge is 0.147 e. The Morgan fingerprint density at radius 2 is 2.35 bits per heavy atom. The molecule has 1 aliphatic heterocycles. The van der Waals surface area contributed by atoms with Crippen molar-refractivity contribution in [3.63, 3.8) is 0 Å². The van der Waals surface area contributed by atoms with Crippen LogP contribution in [-0.2, 0) is 0 Å². The van der Waals surface area contributed by atoms with Crippen LogP contribution < -0.4 is 10.2 Å². The van der Waals surface area contributed by atoms with Crippen LogP contribution in [0.2, 0.25) is 5.02 Å². The standard InChI is InChI=1S/C13H18ClFN2/c1-2-3-11-9-17(7-6-16-11)13-5-4-10(14)8-12(13)15/h4-5,8,11,16H,2-3,6-7,9H2,1H3. The summed E-state index contributed by atoms with van der Waals surface area (Å²) >= 11 is 5.76. The summed E-state index contributed by atoms with van der Waals surface area (Å²) in [6.07, 6.45) is 2.28. The van der Waals surface area contributed by atoms with E-state index in [0.29, 0.717) is 16.8 Å². The molecule has 4 heteroatoms. The summed E-state index contributed by atoms with van der Waals surface area (Å²) in [7, 11) is 0. The first-order valence-electron chi connectivity index (χ1n) is 6.14. The van der Waals surface area contributed by atoms with Gasteiger partial charge in [-0.15, -0.1) is 0 Å². The second-order valence-electron chi connectivity index (χ2n) is 4.48. The Morgan fingerprint density at radius 1 is 1.53 bits per heavy atom. The van der Waals surface area contributed by atoms with E-state index in [2.05, 4.69) is 17.1 Å². The number of rotatable bonds is 3. The fourth-order valence-corrected chi connectivity index (χ4v) is 2.48. The van der Waals surface area contributed by atoms with Gasteiger partial charge in [-0.25, -0.2) is 4.39 Å². The van der Waals surface area contributed by atoms with Gasteiger partial charge in [0, 0.05) is 30.7 Å². The van der Waals surface area contributed by atoms with Gasteiger partial charge in [0.15, 0.2) is 0 Å². The predicted octanol–water partition coefficient (Wildman–Crippen LogP) is 3.06. The third kappa shape index (κ3) is 3.11. The fourth-order valence-electron chi connectivity index (χ4n) is 2.32. The molecule has 0 aromatic heterocycles. The normalized spacial score (nSPS) is 20.6. The number of piperazine rings is 1. The molecule has 1 unspecified atom stereocenters. The number of hydrogen-bond acceptors (Lipinski definition) is 2. The Labute approximate surface area is 107 Å². The van der Waals surface area contributed by atoms with Crippen molar-refractivity contribution in [2.45, 2.75) is 25.8 Å². The molecule has 0 bridgehead atoms. The molecule has 0 saturated carbocycles. The highest BCUT2D eigenvalue weighted by atomic mass is 35.5. The lowest BCUT2D eigenvalue weighted by Crippen LogP contribution is -2.50. The van der Waals surface area contributed by atoms with E-state index in [-0.39, 0.29) is 5.82 Å². The molecule has 2 nitrogen and oxygen atoms in total. The Bertz CT molecular complexity index is 382. The molecule has 0 radical (unpaired) electrons. The van der Waals surface area contributed by atoms with Gasteiger partial charge in [0.2, 0.25) is 0 Å². The summed E-state index contributed by atoms with van der Waals surface area (Å²) < 4.78 is 13.8. The third-order valence-electron chi connectivity index (χ3n) is 3.14. The van der Waals surface area contributed by atoms with Gasteiger partial charge < -0.3 is 10.2 Å². The van der Waals surface area contributed by atoms with E-state index in [0.717, 1.165) is 32.5 Å². The van der Waals surface area contributed by atoms with Gasteiger partial charge in [-0.05, 0) is 24.6 Å². The molecule has 0 aliphatic carbocycles. The van der Waals surface area contributed by atoms with Gasteiger partial charge in [-0.3, -0.25) is 0 Å². The van der Waals surface area contributed by atoms with Crippen LogP contribution in [0, 0.1) is 5.82 Å². The maximum Gasteiger partial charge on any atom is 0.147 e. The summed E-state index contributed by atoms with van der Waals surface area (Å²) in [5, 5.41) is 3.91. The van der Waals surface area contributed by atoms with Crippen molar-refractivity contribution in [1.82, 2.24) is 5.32 Å². The number of nitrogens with zero attached hydrogens (tertiary/aromatic N) is 1. The predicted molar refractivity (Wildman–Crippen MR) is 70.3 cm³/mol. The lowest BCUT2D eigenvalue weighted by Gasteiger charge is -2.35. The van der Waals surface area contributed by atoms with E-state index in [1.807, 2.05) is 0 Å². The minimum Gasteiger partial charge on any atom is -0.366 e. The van der Waals surface area contributed by atoms with E-state index >= 15 is 0 Å². The maximum absolute atomic E-state index is 13.8. The summed E-state index contributed by atoms with van der Waals surface area (Å²) in [6.45, 7) is 4.79. The molecule has 2 rings (SSSR count). The van der Waals surface area contributed by atoms with Crippen LogP contribution in [0.5, 0.6) is 0 Å². The number of hydrogen-bond donors (Lipinski definition) is 1. The summed E-state index contributed by atoms with van der Waals surface area (Å²) in [4.78, 5) is 2.10.